The number of nitrogens with zero attached hydrogens (tertiary/aromatic N) is 1. The van der Waals surface area contributed by atoms with Crippen molar-refractivity contribution in [3.05, 3.63) is 23.5 Å². The van der Waals surface area contributed by atoms with Crippen LogP contribution in [0.2, 0.25) is 5.02 Å². The molecule has 17 heavy (non-hydrogen) atoms. The fraction of sp³-hybridized carbons (Fsp3) is 0.500. The Hall–Kier alpha value is -1.29. The van der Waals surface area contributed by atoms with E-state index in [1.165, 1.54) is 13.3 Å². The topological polar surface area (TPSA) is 51.2 Å². The minimum atomic E-state index is -0.389. The lowest BCUT2D eigenvalue weighted by Gasteiger charge is -2.19. The highest BCUT2D eigenvalue weighted by Crippen LogP contribution is 2.22. The number of pyridine rings is 1. The number of carbonyl (C=O) groups excluding carboxylic acids is 1. The van der Waals surface area contributed by atoms with Crippen LogP contribution >= 0.6 is 11.6 Å². The molecule has 94 valence electrons. The van der Waals surface area contributed by atoms with Gasteiger partial charge in [0.15, 0.2) is 0 Å². The van der Waals surface area contributed by atoms with Gasteiger partial charge in [-0.15, -0.1) is 0 Å². The summed E-state index contributed by atoms with van der Waals surface area (Å²) in [6.45, 7) is 4.09. The Morgan fingerprint density at radius 2 is 2.29 bits per heavy atom. The number of methoxy groups -OCH3 is 1. The predicted molar refractivity (Wildman–Crippen MR) is 68.1 cm³/mol. The number of aromatic nitrogens is 1. The summed E-state index contributed by atoms with van der Waals surface area (Å²) in [4.78, 5) is 15.5. The predicted octanol–water partition coefficient (Wildman–Crippen LogP) is 2.73. The van der Waals surface area contributed by atoms with Crippen LogP contribution in [-0.4, -0.2) is 24.1 Å². The Bertz CT molecular complexity index is 383. The van der Waals surface area contributed by atoms with Gasteiger partial charge >= 0.3 is 5.97 Å². The second-order valence-corrected chi connectivity index (χ2v) is 4.61. The number of nitrogens with one attached hydrogen (secondary N) is 1. The summed E-state index contributed by atoms with van der Waals surface area (Å²) >= 11 is 5.98. The van der Waals surface area contributed by atoms with Crippen molar-refractivity contribution in [1.29, 1.82) is 0 Å². The van der Waals surface area contributed by atoms with E-state index < -0.39 is 0 Å². The third-order valence-electron chi connectivity index (χ3n) is 2.29. The number of hydrogen-bond donors (Lipinski definition) is 1. The Labute approximate surface area is 106 Å². The van der Waals surface area contributed by atoms with E-state index in [2.05, 4.69) is 10.3 Å². The Balaban J connectivity index is 2.79. The van der Waals surface area contributed by atoms with E-state index in [4.69, 9.17) is 16.3 Å². The Morgan fingerprint density at radius 1 is 1.59 bits per heavy atom. The highest BCUT2D eigenvalue weighted by Gasteiger charge is 2.20. The average molecular weight is 257 g/mol. The molecule has 1 unspecified atom stereocenters. The number of anilines is 1. The molecular weight excluding hydrogens is 240 g/mol. The molecule has 0 aliphatic heterocycles. The summed E-state index contributed by atoms with van der Waals surface area (Å²) < 4.78 is 4.77. The fourth-order valence-electron chi connectivity index (χ4n) is 1.51. The van der Waals surface area contributed by atoms with Gasteiger partial charge in [-0.2, -0.15) is 0 Å². The van der Waals surface area contributed by atoms with Gasteiger partial charge in [0.25, 0.3) is 0 Å². The lowest BCUT2D eigenvalue weighted by Crippen LogP contribution is -2.32. The number of carbonyl (C=O) groups is 1. The zero-order valence-corrected chi connectivity index (χ0v) is 11.0. The highest BCUT2D eigenvalue weighted by molar-refractivity contribution is 6.33. The van der Waals surface area contributed by atoms with Gasteiger partial charge in [-0.05, 0) is 18.4 Å². The van der Waals surface area contributed by atoms with Crippen LogP contribution in [0.4, 0.5) is 5.69 Å². The van der Waals surface area contributed by atoms with E-state index in [1.807, 2.05) is 13.8 Å². The quantitative estimate of drug-likeness (QED) is 0.823. The molecule has 1 aromatic heterocycles. The number of ether oxygens (including phenoxy) is 1. The third kappa shape index (κ3) is 4.23. The van der Waals surface area contributed by atoms with Crippen molar-refractivity contribution < 1.29 is 9.53 Å². The molecule has 1 atom stereocenters. The molecule has 0 aliphatic rings. The first-order valence-corrected chi connectivity index (χ1v) is 5.86. The standard InChI is InChI=1S/C12H17ClN2O2/c1-8(2)6-11(12(16)17-3)15-10-4-5-14-7-9(10)13/h4-5,7-8,11H,6H2,1-3H3,(H,14,15). The van der Waals surface area contributed by atoms with Gasteiger partial charge in [0, 0.05) is 12.4 Å². The van der Waals surface area contributed by atoms with Crippen molar-refractivity contribution in [2.75, 3.05) is 12.4 Å². The highest BCUT2D eigenvalue weighted by atomic mass is 35.5. The van der Waals surface area contributed by atoms with E-state index in [1.54, 1.807) is 12.3 Å². The molecule has 0 saturated carbocycles. The van der Waals surface area contributed by atoms with Crippen LogP contribution in [0.5, 0.6) is 0 Å². The van der Waals surface area contributed by atoms with Gasteiger partial charge in [0.2, 0.25) is 0 Å². The van der Waals surface area contributed by atoms with E-state index in [-0.39, 0.29) is 12.0 Å². The van der Waals surface area contributed by atoms with Crippen molar-refractivity contribution in [1.82, 2.24) is 4.98 Å². The first-order valence-electron chi connectivity index (χ1n) is 5.48. The lowest BCUT2D eigenvalue weighted by atomic mass is 10.0. The molecule has 1 rings (SSSR count). The first kappa shape index (κ1) is 13.8. The molecule has 0 fully saturated rings. The molecule has 0 bridgehead atoms. The van der Waals surface area contributed by atoms with Gasteiger partial charge < -0.3 is 10.1 Å². The Kier molecular flexibility index (Phi) is 5.22. The minimum Gasteiger partial charge on any atom is -0.467 e. The molecular formula is C12H17ClN2O2. The maximum Gasteiger partial charge on any atom is 0.328 e. The lowest BCUT2D eigenvalue weighted by molar-refractivity contribution is -0.141. The van der Waals surface area contributed by atoms with Crippen molar-refractivity contribution in [3.8, 4) is 0 Å². The molecule has 0 aromatic carbocycles. The average Bonchev–Trinajstić information content (AvgIpc) is 2.29. The summed E-state index contributed by atoms with van der Waals surface area (Å²) in [6.07, 6.45) is 3.84. The summed E-state index contributed by atoms with van der Waals surface area (Å²) in [7, 11) is 1.38. The van der Waals surface area contributed by atoms with Crippen LogP contribution in [-0.2, 0) is 9.53 Å². The minimum absolute atomic E-state index is 0.286. The van der Waals surface area contributed by atoms with Gasteiger partial charge in [0.1, 0.15) is 6.04 Å². The SMILES string of the molecule is COC(=O)C(CC(C)C)Nc1ccncc1Cl. The van der Waals surface area contributed by atoms with Gasteiger partial charge in [-0.25, -0.2) is 4.79 Å². The van der Waals surface area contributed by atoms with Crippen LogP contribution in [0.25, 0.3) is 0 Å². The zero-order valence-electron chi connectivity index (χ0n) is 10.2. The van der Waals surface area contributed by atoms with E-state index in [0.29, 0.717) is 23.0 Å². The van der Waals surface area contributed by atoms with Crippen LogP contribution in [0, 0.1) is 5.92 Å². The smallest absolute Gasteiger partial charge is 0.328 e. The van der Waals surface area contributed by atoms with E-state index in [0.717, 1.165) is 0 Å². The molecule has 1 N–H and O–H groups in total. The van der Waals surface area contributed by atoms with Crippen molar-refractivity contribution in [2.24, 2.45) is 5.92 Å². The summed E-state index contributed by atoms with van der Waals surface area (Å²) in [5.74, 6) is 0.0961. The molecule has 0 spiro atoms. The number of esters is 1. The third-order valence-corrected chi connectivity index (χ3v) is 2.60. The molecule has 0 aliphatic carbocycles. The van der Waals surface area contributed by atoms with E-state index in [9.17, 15) is 4.79 Å². The molecule has 4 nitrogen and oxygen atoms in total. The maximum absolute atomic E-state index is 11.6. The summed E-state index contributed by atoms with van der Waals surface area (Å²) in [6, 6.07) is 1.35. The van der Waals surface area contributed by atoms with Crippen molar-refractivity contribution in [2.45, 2.75) is 26.3 Å². The number of halogens is 1. The molecule has 1 heterocycles. The molecule has 0 radical (unpaired) electrons. The summed E-state index contributed by atoms with van der Waals surface area (Å²) in [5, 5.41) is 3.57. The Morgan fingerprint density at radius 3 is 2.82 bits per heavy atom. The van der Waals surface area contributed by atoms with Gasteiger partial charge in [-0.1, -0.05) is 25.4 Å². The van der Waals surface area contributed by atoms with E-state index >= 15 is 0 Å². The first-order chi connectivity index (χ1) is 8.04. The molecule has 0 amide bonds. The summed E-state index contributed by atoms with van der Waals surface area (Å²) in [5.41, 5.74) is 0.692. The fourth-order valence-corrected chi connectivity index (χ4v) is 1.68. The monoisotopic (exact) mass is 256 g/mol. The number of rotatable bonds is 5. The van der Waals surface area contributed by atoms with Crippen molar-refractivity contribution in [3.63, 3.8) is 0 Å². The molecule has 1 aromatic rings. The van der Waals surface area contributed by atoms with Crippen LogP contribution in [0.1, 0.15) is 20.3 Å². The molecule has 0 saturated heterocycles. The molecule has 5 heteroatoms. The van der Waals surface area contributed by atoms with Crippen molar-refractivity contribution >= 4 is 23.3 Å². The van der Waals surface area contributed by atoms with Gasteiger partial charge in [0.05, 0.1) is 17.8 Å². The maximum atomic E-state index is 11.6. The second kappa shape index (κ2) is 6.45. The largest absolute Gasteiger partial charge is 0.467 e. The zero-order chi connectivity index (χ0) is 12.8. The van der Waals surface area contributed by atoms with Crippen LogP contribution in [0.15, 0.2) is 18.5 Å². The van der Waals surface area contributed by atoms with Gasteiger partial charge in [-0.3, -0.25) is 4.98 Å². The number of hydrogen-bond acceptors (Lipinski definition) is 4. The van der Waals surface area contributed by atoms with Crippen LogP contribution in [0.3, 0.4) is 0 Å². The normalized spacial score (nSPS) is 12.3. The van der Waals surface area contributed by atoms with Crippen LogP contribution < -0.4 is 5.32 Å². The second-order valence-electron chi connectivity index (χ2n) is 4.21.